The van der Waals surface area contributed by atoms with Crippen molar-refractivity contribution >= 4 is 11.0 Å². The van der Waals surface area contributed by atoms with Gasteiger partial charge in [-0.25, -0.2) is 4.79 Å². The Morgan fingerprint density at radius 3 is 2.36 bits per heavy atom. The highest BCUT2D eigenvalue weighted by atomic mass is 16.1. The van der Waals surface area contributed by atoms with Crippen LogP contribution in [-0.4, -0.2) is 33.7 Å². The van der Waals surface area contributed by atoms with Crippen molar-refractivity contribution in [3.63, 3.8) is 0 Å². The summed E-state index contributed by atoms with van der Waals surface area (Å²) in [5, 5.41) is 0. The van der Waals surface area contributed by atoms with Crippen LogP contribution in [0.5, 0.6) is 0 Å². The van der Waals surface area contributed by atoms with E-state index in [0.29, 0.717) is 17.9 Å². The fourth-order valence-corrected chi connectivity index (χ4v) is 5.63. The summed E-state index contributed by atoms with van der Waals surface area (Å²) in [7, 11) is 0. The third-order valence-electron chi connectivity index (χ3n) is 6.22. The Kier molecular flexibility index (Phi) is 2.63. The second-order valence-corrected chi connectivity index (χ2v) is 7.45. The maximum Gasteiger partial charge on any atom is 0.329 e. The number of hydrogen-bond donors (Lipinski definition) is 0. The molecule has 4 fully saturated rings. The molecule has 0 amide bonds. The lowest BCUT2D eigenvalue weighted by molar-refractivity contribution is -0.0573. The molecular weight excluding hydrogens is 274 g/mol. The maximum atomic E-state index is 13.1. The molecule has 0 radical (unpaired) electrons. The van der Waals surface area contributed by atoms with Crippen LogP contribution in [0.25, 0.3) is 11.0 Å². The normalized spacial score (nSPS) is 36.3. The number of hydrogen-bond acceptors (Lipinski definition) is 2. The SMILES string of the molecule is CCn1c(=O)n(C2C3CC4CC2CN(C4)C3)c2ccccc21. The molecule has 6 rings (SSSR count). The van der Waals surface area contributed by atoms with E-state index in [1.807, 2.05) is 10.6 Å². The van der Waals surface area contributed by atoms with Crippen LogP contribution >= 0.6 is 0 Å². The highest BCUT2D eigenvalue weighted by Crippen LogP contribution is 2.49. The molecule has 2 aromatic rings. The van der Waals surface area contributed by atoms with Crippen LogP contribution in [0.1, 0.15) is 25.8 Å². The van der Waals surface area contributed by atoms with E-state index in [4.69, 9.17) is 0 Å². The van der Waals surface area contributed by atoms with Crippen molar-refractivity contribution in [3.8, 4) is 0 Å². The predicted octanol–water partition coefficient (Wildman–Crippen LogP) is 2.34. The van der Waals surface area contributed by atoms with E-state index < -0.39 is 0 Å². The molecule has 1 aromatic heterocycles. The average Bonchev–Trinajstić information content (AvgIpc) is 2.78. The van der Waals surface area contributed by atoms with E-state index in [1.54, 1.807) is 0 Å². The number of rotatable bonds is 2. The second kappa shape index (κ2) is 4.48. The van der Waals surface area contributed by atoms with Crippen molar-refractivity contribution in [1.29, 1.82) is 0 Å². The van der Waals surface area contributed by atoms with Gasteiger partial charge in [0.2, 0.25) is 0 Å². The molecule has 3 aliphatic heterocycles. The summed E-state index contributed by atoms with van der Waals surface area (Å²) in [5.41, 5.74) is 2.45. The first-order valence-corrected chi connectivity index (χ1v) is 8.68. The second-order valence-electron chi connectivity index (χ2n) is 7.45. The molecule has 2 unspecified atom stereocenters. The molecule has 1 saturated carbocycles. The smallest absolute Gasteiger partial charge is 0.302 e. The minimum atomic E-state index is 0.205. The molecule has 4 heterocycles. The zero-order chi connectivity index (χ0) is 14.8. The summed E-state index contributed by atoms with van der Waals surface area (Å²) >= 11 is 0. The van der Waals surface area contributed by atoms with Gasteiger partial charge in [0.1, 0.15) is 0 Å². The minimum absolute atomic E-state index is 0.205. The van der Waals surface area contributed by atoms with Gasteiger partial charge in [-0.3, -0.25) is 9.13 Å². The Bertz CT molecular complexity index is 759. The molecule has 0 spiro atoms. The predicted molar refractivity (Wildman–Crippen MR) is 87.1 cm³/mol. The Morgan fingerprint density at radius 1 is 1.05 bits per heavy atom. The lowest BCUT2D eigenvalue weighted by atomic mass is 9.65. The van der Waals surface area contributed by atoms with E-state index in [2.05, 4.69) is 34.6 Å². The van der Waals surface area contributed by atoms with E-state index in [1.165, 1.54) is 32.5 Å². The quantitative estimate of drug-likeness (QED) is 0.851. The molecule has 22 heavy (non-hydrogen) atoms. The molecule has 4 bridgehead atoms. The van der Waals surface area contributed by atoms with Gasteiger partial charge in [0, 0.05) is 32.2 Å². The van der Waals surface area contributed by atoms with Gasteiger partial charge in [-0.1, -0.05) is 12.1 Å². The summed E-state index contributed by atoms with van der Waals surface area (Å²) in [5.74, 6) is 2.21. The number of imidazole rings is 1. The van der Waals surface area contributed by atoms with Gasteiger partial charge in [-0.15, -0.1) is 0 Å². The van der Waals surface area contributed by atoms with Crippen LogP contribution < -0.4 is 5.69 Å². The molecular formula is C18H23N3O. The monoisotopic (exact) mass is 297 g/mol. The first kappa shape index (κ1) is 12.9. The van der Waals surface area contributed by atoms with Gasteiger partial charge in [0.05, 0.1) is 11.0 Å². The fraction of sp³-hybridized carbons (Fsp3) is 0.611. The van der Waals surface area contributed by atoms with Gasteiger partial charge in [0.15, 0.2) is 0 Å². The average molecular weight is 297 g/mol. The molecule has 4 heteroatoms. The molecule has 1 aliphatic carbocycles. The molecule has 2 atom stereocenters. The zero-order valence-electron chi connectivity index (χ0n) is 13.1. The topological polar surface area (TPSA) is 30.2 Å². The Labute approximate surface area is 130 Å². The number of aromatic nitrogens is 2. The number of nitrogens with zero attached hydrogens (tertiary/aromatic N) is 3. The number of benzene rings is 1. The fourth-order valence-electron chi connectivity index (χ4n) is 5.63. The third-order valence-corrected chi connectivity index (χ3v) is 6.22. The molecule has 4 nitrogen and oxygen atoms in total. The lowest BCUT2D eigenvalue weighted by Gasteiger charge is -2.56. The van der Waals surface area contributed by atoms with Crippen LogP contribution in [0, 0.1) is 17.8 Å². The summed E-state index contributed by atoms with van der Waals surface area (Å²) in [6.45, 7) is 6.50. The lowest BCUT2D eigenvalue weighted by Crippen LogP contribution is -2.59. The first-order chi connectivity index (χ1) is 10.8. The van der Waals surface area contributed by atoms with Crippen molar-refractivity contribution in [3.05, 3.63) is 34.7 Å². The van der Waals surface area contributed by atoms with Crippen molar-refractivity contribution in [1.82, 2.24) is 14.0 Å². The van der Waals surface area contributed by atoms with Crippen molar-refractivity contribution in [2.45, 2.75) is 32.4 Å². The molecule has 116 valence electrons. The summed E-state index contributed by atoms with van der Waals surface area (Å²) in [4.78, 5) is 15.7. The number of aryl methyl sites for hydroxylation is 1. The number of fused-ring (bicyclic) bond motifs is 1. The van der Waals surface area contributed by atoms with E-state index in [0.717, 1.165) is 23.5 Å². The van der Waals surface area contributed by atoms with Crippen molar-refractivity contribution < 1.29 is 0 Å². The number of piperidine rings is 3. The Balaban J connectivity index is 1.71. The summed E-state index contributed by atoms with van der Waals surface area (Å²) < 4.78 is 4.10. The minimum Gasteiger partial charge on any atom is -0.302 e. The maximum absolute atomic E-state index is 13.1. The van der Waals surface area contributed by atoms with Crippen molar-refractivity contribution in [2.75, 3.05) is 19.6 Å². The van der Waals surface area contributed by atoms with Crippen LogP contribution in [0.15, 0.2) is 29.1 Å². The van der Waals surface area contributed by atoms with Crippen LogP contribution in [0.3, 0.4) is 0 Å². The standard InChI is InChI=1S/C18H23N3O/c1-2-20-15-5-3-4-6-16(15)21(18(20)22)17-13-7-12-8-14(17)11-19(9-12)10-13/h3-6,12-14,17H,2,7-11H2,1H3. The van der Waals surface area contributed by atoms with E-state index >= 15 is 0 Å². The van der Waals surface area contributed by atoms with Gasteiger partial charge in [-0.05, 0) is 49.7 Å². The van der Waals surface area contributed by atoms with Gasteiger partial charge >= 0.3 is 5.69 Å². The van der Waals surface area contributed by atoms with Crippen LogP contribution in [0.4, 0.5) is 0 Å². The zero-order valence-corrected chi connectivity index (χ0v) is 13.1. The van der Waals surface area contributed by atoms with Crippen LogP contribution in [0.2, 0.25) is 0 Å². The molecule has 0 N–H and O–H groups in total. The van der Waals surface area contributed by atoms with E-state index in [9.17, 15) is 4.79 Å². The van der Waals surface area contributed by atoms with Gasteiger partial charge in [0.25, 0.3) is 0 Å². The first-order valence-electron chi connectivity index (χ1n) is 8.68. The highest BCUT2D eigenvalue weighted by Gasteiger charge is 2.49. The Morgan fingerprint density at radius 2 is 1.73 bits per heavy atom. The van der Waals surface area contributed by atoms with E-state index in [-0.39, 0.29) is 5.69 Å². The summed E-state index contributed by atoms with van der Waals surface area (Å²) in [6.07, 6.45) is 2.63. The Hall–Kier alpha value is -1.55. The third kappa shape index (κ3) is 1.59. The number of para-hydroxylation sites is 2. The molecule has 3 saturated heterocycles. The van der Waals surface area contributed by atoms with Gasteiger partial charge in [-0.2, -0.15) is 0 Å². The largest absolute Gasteiger partial charge is 0.329 e. The molecule has 4 aliphatic rings. The molecule has 1 aromatic carbocycles. The summed E-state index contributed by atoms with van der Waals surface area (Å²) in [6, 6.07) is 8.75. The van der Waals surface area contributed by atoms with Crippen LogP contribution in [-0.2, 0) is 6.54 Å². The van der Waals surface area contributed by atoms with Crippen molar-refractivity contribution in [2.24, 2.45) is 17.8 Å². The van der Waals surface area contributed by atoms with Gasteiger partial charge < -0.3 is 4.90 Å². The highest BCUT2D eigenvalue weighted by molar-refractivity contribution is 5.76.